The summed E-state index contributed by atoms with van der Waals surface area (Å²) in [7, 11) is 0. The van der Waals surface area contributed by atoms with Crippen molar-refractivity contribution in [1.82, 2.24) is 0 Å². The first-order chi connectivity index (χ1) is 9.35. The number of carbonyl (C=O) groups is 2. The summed E-state index contributed by atoms with van der Waals surface area (Å²) in [5, 5.41) is 0. The summed E-state index contributed by atoms with van der Waals surface area (Å²) in [6.07, 6.45) is 3.19. The van der Waals surface area contributed by atoms with Gasteiger partial charge in [-0.2, -0.15) is 0 Å². The molecule has 0 saturated carbocycles. The van der Waals surface area contributed by atoms with E-state index in [1.54, 1.807) is 33.6 Å². The van der Waals surface area contributed by atoms with Crippen LogP contribution in [0.5, 0.6) is 0 Å². The van der Waals surface area contributed by atoms with Gasteiger partial charge in [-0.1, -0.05) is 27.7 Å². The van der Waals surface area contributed by atoms with E-state index in [1.165, 1.54) is 12.2 Å². The van der Waals surface area contributed by atoms with Gasteiger partial charge in [0.05, 0.1) is 11.8 Å². The topological polar surface area (TPSA) is 69.7 Å². The minimum Gasteiger partial charge on any atom is -0.423 e. The first kappa shape index (κ1) is 15.9. The van der Waals surface area contributed by atoms with E-state index < -0.39 is 11.9 Å². The van der Waals surface area contributed by atoms with Crippen molar-refractivity contribution in [3.8, 4) is 0 Å². The lowest BCUT2D eigenvalue weighted by atomic mass is 10.1. The minimum absolute atomic E-state index is 0.0716. The maximum absolute atomic E-state index is 11.6. The molecule has 0 bridgehead atoms. The molecule has 0 fully saturated rings. The third kappa shape index (κ3) is 4.21. The molecule has 0 heterocycles. The Balaban J connectivity index is 2.95. The zero-order valence-electron chi connectivity index (χ0n) is 12.1. The van der Waals surface area contributed by atoms with Crippen molar-refractivity contribution in [2.75, 3.05) is 0 Å². The normalized spacial score (nSPS) is 14.6. The van der Waals surface area contributed by atoms with Gasteiger partial charge >= 0.3 is 11.9 Å². The van der Waals surface area contributed by atoms with Crippen molar-refractivity contribution in [3.63, 3.8) is 0 Å². The number of carbonyl (C=O) groups excluding carboxylic acids is 3. The summed E-state index contributed by atoms with van der Waals surface area (Å²) >= 11 is 0. The van der Waals surface area contributed by atoms with Crippen LogP contribution in [0, 0.1) is 11.8 Å². The van der Waals surface area contributed by atoms with E-state index in [9.17, 15) is 14.4 Å². The molecule has 0 aromatic heterocycles. The monoisotopic (exact) mass is 278 g/mol. The Hall–Kier alpha value is -2.13. The van der Waals surface area contributed by atoms with Gasteiger partial charge in [0.1, 0.15) is 5.94 Å². The van der Waals surface area contributed by atoms with Gasteiger partial charge in [0.15, 0.2) is 11.5 Å². The van der Waals surface area contributed by atoms with Crippen LogP contribution in [0.2, 0.25) is 0 Å². The van der Waals surface area contributed by atoms with E-state index in [1.807, 2.05) is 0 Å². The second kappa shape index (κ2) is 6.87. The van der Waals surface area contributed by atoms with Gasteiger partial charge in [-0.25, -0.2) is 4.79 Å². The molecule has 0 aliphatic heterocycles. The summed E-state index contributed by atoms with van der Waals surface area (Å²) in [6.45, 7) is 6.77. The molecule has 0 saturated heterocycles. The smallest absolute Gasteiger partial charge is 0.313 e. The van der Waals surface area contributed by atoms with Gasteiger partial charge in [-0.3, -0.25) is 9.59 Å². The highest BCUT2D eigenvalue weighted by atomic mass is 16.6. The molecule has 0 amide bonds. The third-order valence-electron chi connectivity index (χ3n) is 2.55. The van der Waals surface area contributed by atoms with Gasteiger partial charge in [-0.05, 0) is 12.2 Å². The lowest BCUT2D eigenvalue weighted by Gasteiger charge is -2.17. The molecule has 108 valence electrons. The van der Waals surface area contributed by atoms with Crippen molar-refractivity contribution in [3.05, 3.63) is 29.2 Å². The largest absolute Gasteiger partial charge is 0.423 e. The lowest BCUT2D eigenvalue weighted by Crippen LogP contribution is -2.18. The van der Waals surface area contributed by atoms with Crippen LogP contribution in [0.15, 0.2) is 29.2 Å². The molecule has 0 unspecified atom stereocenters. The molecular formula is C15H18O5. The standard InChI is InChI=1S/C15H18O5/c1-9(2)14(17)19-12-6-5-11(8-16)7-13(12)20-15(18)10(3)4/h6-7,9-10H,5H2,1-4H3. The van der Waals surface area contributed by atoms with Crippen LogP contribution in [-0.4, -0.2) is 17.9 Å². The van der Waals surface area contributed by atoms with Gasteiger partial charge in [0.2, 0.25) is 0 Å². The van der Waals surface area contributed by atoms with Gasteiger partial charge in [-0.15, -0.1) is 0 Å². The van der Waals surface area contributed by atoms with Gasteiger partial charge < -0.3 is 9.47 Å². The van der Waals surface area contributed by atoms with E-state index in [-0.39, 0.29) is 29.8 Å². The molecule has 1 aliphatic carbocycles. The Kier molecular flexibility index (Phi) is 5.47. The van der Waals surface area contributed by atoms with Crippen LogP contribution in [0.1, 0.15) is 34.1 Å². The number of esters is 2. The van der Waals surface area contributed by atoms with Gasteiger partial charge in [0, 0.05) is 12.0 Å². The Morgan fingerprint density at radius 1 is 1.05 bits per heavy atom. The predicted molar refractivity (Wildman–Crippen MR) is 71.8 cm³/mol. The Labute approximate surface area is 117 Å². The van der Waals surface area contributed by atoms with Crippen LogP contribution in [-0.2, 0) is 23.9 Å². The summed E-state index contributed by atoms with van der Waals surface area (Å²) in [5.41, 5.74) is 0.334. The van der Waals surface area contributed by atoms with E-state index >= 15 is 0 Å². The average molecular weight is 278 g/mol. The van der Waals surface area contributed by atoms with E-state index in [0.717, 1.165) is 0 Å². The highest BCUT2D eigenvalue weighted by Crippen LogP contribution is 2.25. The number of rotatable bonds is 4. The zero-order valence-corrected chi connectivity index (χ0v) is 12.1. The third-order valence-corrected chi connectivity index (χ3v) is 2.55. The maximum Gasteiger partial charge on any atom is 0.313 e. The van der Waals surface area contributed by atoms with Crippen LogP contribution >= 0.6 is 0 Å². The van der Waals surface area contributed by atoms with Crippen LogP contribution in [0.4, 0.5) is 0 Å². The van der Waals surface area contributed by atoms with Crippen molar-refractivity contribution < 1.29 is 23.9 Å². The molecule has 0 N–H and O–H groups in total. The summed E-state index contributed by atoms with van der Waals surface area (Å²) in [5.74, 6) is 0.455. The molecular weight excluding hydrogens is 260 g/mol. The van der Waals surface area contributed by atoms with E-state index in [0.29, 0.717) is 5.57 Å². The van der Waals surface area contributed by atoms with Crippen LogP contribution in [0.25, 0.3) is 0 Å². The fraction of sp³-hybridized carbons (Fsp3) is 0.467. The second-order valence-corrected chi connectivity index (χ2v) is 5.06. The Bertz CT molecular complexity index is 516. The van der Waals surface area contributed by atoms with Gasteiger partial charge in [0.25, 0.3) is 0 Å². The number of hydrogen-bond acceptors (Lipinski definition) is 5. The predicted octanol–water partition coefficient (Wildman–Crippen LogP) is 2.31. The van der Waals surface area contributed by atoms with Crippen molar-refractivity contribution >= 4 is 17.9 Å². The molecule has 0 aromatic rings. The molecule has 1 aliphatic rings. The number of allylic oxidation sites excluding steroid dienone is 3. The Morgan fingerprint density at radius 2 is 1.55 bits per heavy atom. The molecule has 5 nitrogen and oxygen atoms in total. The molecule has 0 aromatic carbocycles. The Morgan fingerprint density at radius 3 is 2.00 bits per heavy atom. The van der Waals surface area contributed by atoms with E-state index in [4.69, 9.17) is 9.47 Å². The molecule has 0 radical (unpaired) electrons. The van der Waals surface area contributed by atoms with Crippen LogP contribution < -0.4 is 0 Å². The summed E-state index contributed by atoms with van der Waals surface area (Å²) in [4.78, 5) is 33.9. The summed E-state index contributed by atoms with van der Waals surface area (Å²) < 4.78 is 10.3. The fourth-order valence-corrected chi connectivity index (χ4v) is 1.29. The average Bonchev–Trinajstić information content (AvgIpc) is 2.40. The zero-order chi connectivity index (χ0) is 15.3. The van der Waals surface area contributed by atoms with Crippen molar-refractivity contribution in [1.29, 1.82) is 0 Å². The van der Waals surface area contributed by atoms with Crippen molar-refractivity contribution in [2.24, 2.45) is 11.8 Å². The maximum atomic E-state index is 11.6. The van der Waals surface area contributed by atoms with Crippen LogP contribution in [0.3, 0.4) is 0 Å². The molecule has 1 rings (SSSR count). The molecule has 0 atom stereocenters. The highest BCUT2D eigenvalue weighted by Gasteiger charge is 2.23. The molecule has 20 heavy (non-hydrogen) atoms. The minimum atomic E-state index is -0.463. The number of ether oxygens (including phenoxy) is 2. The first-order valence-corrected chi connectivity index (χ1v) is 6.44. The van der Waals surface area contributed by atoms with E-state index in [2.05, 4.69) is 0 Å². The van der Waals surface area contributed by atoms with Crippen molar-refractivity contribution in [2.45, 2.75) is 34.1 Å². The highest BCUT2D eigenvalue weighted by molar-refractivity contribution is 5.76. The fourth-order valence-electron chi connectivity index (χ4n) is 1.29. The molecule has 5 heteroatoms. The lowest BCUT2D eigenvalue weighted by molar-refractivity contribution is -0.147. The summed E-state index contributed by atoms with van der Waals surface area (Å²) in [6, 6.07) is 0. The number of hydrogen-bond donors (Lipinski definition) is 0. The first-order valence-electron chi connectivity index (χ1n) is 6.44. The SMILES string of the molecule is CC(C)C(=O)OC1=CCC(=C=O)C=C1OC(=O)C(C)C. The molecule has 0 spiro atoms. The quantitative estimate of drug-likeness (QED) is 0.583. The second-order valence-electron chi connectivity index (χ2n) is 5.06.